The van der Waals surface area contributed by atoms with Gasteiger partial charge >= 0.3 is 13.8 Å². The van der Waals surface area contributed by atoms with E-state index in [-0.39, 0.29) is 32.2 Å². The minimum Gasteiger partial charge on any atom is -0.457 e. The fraction of sp³-hybridized carbons (Fsp3) is 0.732. The molecule has 0 fully saturated rings. The summed E-state index contributed by atoms with van der Waals surface area (Å²) in [6.45, 7) is 5.44. The molecule has 0 aromatic rings. The first-order valence-corrected chi connectivity index (χ1v) is 27.8. The van der Waals surface area contributed by atoms with Crippen molar-refractivity contribution in [3.63, 3.8) is 0 Å². The van der Waals surface area contributed by atoms with Crippen molar-refractivity contribution in [2.45, 2.75) is 213 Å². The molecule has 376 valence electrons. The van der Waals surface area contributed by atoms with Crippen LogP contribution in [0.25, 0.3) is 0 Å². The molecule has 1 N–H and O–H groups in total. The maximum absolute atomic E-state index is 12.7. The average Bonchev–Trinajstić information content (AvgIpc) is 3.27. The van der Waals surface area contributed by atoms with E-state index in [0.717, 1.165) is 64.2 Å². The highest BCUT2D eigenvalue weighted by Crippen LogP contribution is 2.43. The van der Waals surface area contributed by atoms with Crippen LogP contribution in [0.4, 0.5) is 0 Å². The molecule has 0 aliphatic heterocycles. The number of quaternary nitrogens is 1. The zero-order valence-electron chi connectivity index (χ0n) is 42.7. The largest absolute Gasteiger partial charge is 0.472 e. The number of hydrogen-bond donors (Lipinski definition) is 1. The predicted molar refractivity (Wildman–Crippen MR) is 279 cm³/mol. The Morgan fingerprint density at radius 1 is 0.492 bits per heavy atom. The zero-order valence-corrected chi connectivity index (χ0v) is 43.6. The van der Waals surface area contributed by atoms with Gasteiger partial charge in [0.15, 0.2) is 0 Å². The fourth-order valence-electron chi connectivity index (χ4n) is 6.95. The maximum atomic E-state index is 12.7. The Hall–Kier alpha value is -2.32. The van der Waals surface area contributed by atoms with E-state index in [1.54, 1.807) is 0 Å². The van der Waals surface area contributed by atoms with Gasteiger partial charge in [0.25, 0.3) is 0 Å². The van der Waals surface area contributed by atoms with Gasteiger partial charge < -0.3 is 18.9 Å². The molecule has 0 saturated carbocycles. The standard InChI is InChI=1S/C56H100NO7P/c1-6-8-10-12-14-16-18-20-22-24-26-28-29-30-31-33-35-37-39-41-43-45-47-49-56(58)64-55(54-63-65(59,60)62-52-50-57(3,4)5)53-61-51-48-46-44-42-40-38-36-34-32-27-25-23-21-19-17-15-13-11-9-7-2/h8,10,14,16,20,22,26,28,30-31,35,37,41,43,55H,6-7,9,11-13,15,17-19,21,23-25,27,29,32-34,36,38-40,42,44-54H2,1-5H3/p+1/b10-8-,16-14-,22-20-,28-26-,31-30-,37-35-,43-41-. The van der Waals surface area contributed by atoms with Crippen molar-refractivity contribution in [3.05, 3.63) is 85.1 Å². The van der Waals surface area contributed by atoms with Gasteiger partial charge in [-0.25, -0.2) is 4.57 Å². The Morgan fingerprint density at radius 3 is 1.28 bits per heavy atom. The SMILES string of the molecule is CC/C=C\C/C=C\C/C=C\C/C=C\C/C=C\C/C=C\C/C=C\CCCC(=O)OC(COCCCCCCCCCCCCCCCCCCCCCC)COP(=O)(O)OCC[N+](C)(C)C. The number of phosphoric acid groups is 1. The predicted octanol–water partition coefficient (Wildman–Crippen LogP) is 16.4. The summed E-state index contributed by atoms with van der Waals surface area (Å²) in [5, 5.41) is 0. The normalized spacial score (nSPS) is 14.2. The number of unbranched alkanes of at least 4 members (excludes halogenated alkanes) is 20. The van der Waals surface area contributed by atoms with Crippen LogP contribution in [0.5, 0.6) is 0 Å². The number of ether oxygens (including phenoxy) is 2. The molecular formula is C56H101NO7P+. The van der Waals surface area contributed by atoms with Gasteiger partial charge in [-0.15, -0.1) is 0 Å². The van der Waals surface area contributed by atoms with E-state index in [1.165, 1.54) is 116 Å². The van der Waals surface area contributed by atoms with Crippen molar-refractivity contribution in [2.24, 2.45) is 0 Å². The lowest BCUT2D eigenvalue weighted by atomic mass is 10.0. The zero-order chi connectivity index (χ0) is 47.6. The number of likely N-dealkylation sites (N-methyl/N-ethyl adjacent to an activating group) is 1. The number of esters is 1. The molecule has 9 heteroatoms. The Morgan fingerprint density at radius 2 is 0.877 bits per heavy atom. The van der Waals surface area contributed by atoms with E-state index in [9.17, 15) is 14.3 Å². The lowest BCUT2D eigenvalue weighted by Crippen LogP contribution is -2.37. The average molecular weight is 931 g/mol. The van der Waals surface area contributed by atoms with Crippen LogP contribution in [0.3, 0.4) is 0 Å². The highest BCUT2D eigenvalue weighted by molar-refractivity contribution is 7.47. The molecule has 0 aliphatic carbocycles. The van der Waals surface area contributed by atoms with E-state index < -0.39 is 13.9 Å². The molecule has 0 rings (SSSR count). The van der Waals surface area contributed by atoms with Crippen molar-refractivity contribution in [3.8, 4) is 0 Å². The molecule has 0 saturated heterocycles. The molecule has 0 radical (unpaired) electrons. The summed E-state index contributed by atoms with van der Waals surface area (Å²) in [5.74, 6) is -0.370. The molecule has 0 aromatic heterocycles. The smallest absolute Gasteiger partial charge is 0.457 e. The number of allylic oxidation sites excluding steroid dienone is 14. The van der Waals surface area contributed by atoms with Crippen molar-refractivity contribution < 1.29 is 37.3 Å². The third-order valence-electron chi connectivity index (χ3n) is 11.0. The molecule has 65 heavy (non-hydrogen) atoms. The van der Waals surface area contributed by atoms with Crippen LogP contribution in [-0.2, 0) is 27.9 Å². The summed E-state index contributed by atoms with van der Waals surface area (Å²) in [5.41, 5.74) is 0. The number of rotatable bonds is 48. The first kappa shape index (κ1) is 62.7. The van der Waals surface area contributed by atoms with Crippen LogP contribution in [0, 0.1) is 0 Å². The fourth-order valence-corrected chi connectivity index (χ4v) is 7.70. The monoisotopic (exact) mass is 931 g/mol. The maximum Gasteiger partial charge on any atom is 0.472 e. The molecular weight excluding hydrogens is 830 g/mol. The van der Waals surface area contributed by atoms with E-state index in [0.29, 0.717) is 24.1 Å². The van der Waals surface area contributed by atoms with Crippen LogP contribution < -0.4 is 0 Å². The van der Waals surface area contributed by atoms with E-state index in [1.807, 2.05) is 21.1 Å². The Labute approximate surface area is 401 Å². The second-order valence-corrected chi connectivity index (χ2v) is 20.0. The van der Waals surface area contributed by atoms with Crippen molar-refractivity contribution >= 4 is 13.8 Å². The van der Waals surface area contributed by atoms with Crippen molar-refractivity contribution in [2.75, 3.05) is 54.1 Å². The second-order valence-electron chi connectivity index (χ2n) is 18.5. The molecule has 0 bridgehead atoms. The van der Waals surface area contributed by atoms with Gasteiger partial charge in [-0.05, 0) is 64.2 Å². The molecule has 8 nitrogen and oxygen atoms in total. The molecule has 2 atom stereocenters. The third kappa shape index (κ3) is 52.5. The summed E-state index contributed by atoms with van der Waals surface area (Å²) in [6.07, 6.45) is 65.0. The quantitative estimate of drug-likeness (QED) is 0.0214. The van der Waals surface area contributed by atoms with E-state index in [4.69, 9.17) is 18.5 Å². The lowest BCUT2D eigenvalue weighted by Gasteiger charge is -2.24. The first-order valence-electron chi connectivity index (χ1n) is 26.3. The molecule has 0 aliphatic rings. The Bertz CT molecular complexity index is 1310. The Kier molecular flexibility index (Phi) is 46.4. The van der Waals surface area contributed by atoms with Crippen LogP contribution in [0.1, 0.15) is 206 Å². The summed E-state index contributed by atoms with van der Waals surface area (Å²) in [4.78, 5) is 23.0. The number of phosphoric ester groups is 1. The topological polar surface area (TPSA) is 91.3 Å². The number of hydrogen-bond acceptors (Lipinski definition) is 6. The van der Waals surface area contributed by atoms with Gasteiger partial charge in [0, 0.05) is 13.0 Å². The summed E-state index contributed by atoms with van der Waals surface area (Å²) < 4.78 is 35.1. The van der Waals surface area contributed by atoms with Gasteiger partial charge in [0.05, 0.1) is 34.4 Å². The van der Waals surface area contributed by atoms with Crippen LogP contribution >= 0.6 is 7.82 Å². The summed E-state index contributed by atoms with van der Waals surface area (Å²) in [7, 11) is 1.63. The first-order chi connectivity index (χ1) is 31.6. The molecule has 0 aromatic carbocycles. The van der Waals surface area contributed by atoms with Crippen LogP contribution in [-0.4, -0.2) is 75.6 Å². The van der Waals surface area contributed by atoms with Crippen LogP contribution in [0.15, 0.2) is 85.1 Å². The molecule has 0 heterocycles. The highest BCUT2D eigenvalue weighted by Gasteiger charge is 2.26. The van der Waals surface area contributed by atoms with Gasteiger partial charge in [-0.2, -0.15) is 0 Å². The number of carbonyl (C=O) groups excluding carboxylic acids is 1. The summed E-state index contributed by atoms with van der Waals surface area (Å²) >= 11 is 0. The molecule has 2 unspecified atom stereocenters. The number of carbonyl (C=O) groups is 1. The van der Waals surface area contributed by atoms with Crippen molar-refractivity contribution in [1.29, 1.82) is 0 Å². The van der Waals surface area contributed by atoms with Crippen molar-refractivity contribution in [1.82, 2.24) is 0 Å². The van der Waals surface area contributed by atoms with Gasteiger partial charge in [-0.1, -0.05) is 221 Å². The minimum atomic E-state index is -4.30. The van der Waals surface area contributed by atoms with E-state index in [2.05, 4.69) is 98.9 Å². The minimum absolute atomic E-state index is 0.0747. The summed E-state index contributed by atoms with van der Waals surface area (Å²) in [6, 6.07) is 0. The van der Waals surface area contributed by atoms with Gasteiger partial charge in [0.2, 0.25) is 0 Å². The molecule has 0 spiro atoms. The molecule has 0 amide bonds. The third-order valence-corrected chi connectivity index (χ3v) is 12.0. The Balaban J connectivity index is 4.25. The van der Waals surface area contributed by atoms with Crippen LogP contribution in [0.2, 0.25) is 0 Å². The second kappa shape index (κ2) is 48.1. The number of nitrogens with zero attached hydrogens (tertiary/aromatic N) is 1. The lowest BCUT2D eigenvalue weighted by molar-refractivity contribution is -0.870. The van der Waals surface area contributed by atoms with Gasteiger partial charge in [-0.3, -0.25) is 13.8 Å². The van der Waals surface area contributed by atoms with E-state index >= 15 is 0 Å². The highest BCUT2D eigenvalue weighted by atomic mass is 31.2. The van der Waals surface area contributed by atoms with Gasteiger partial charge in [0.1, 0.15) is 19.3 Å².